The van der Waals surface area contributed by atoms with Crippen molar-refractivity contribution in [3.8, 4) is 0 Å². The topological polar surface area (TPSA) is 61.8 Å². The second-order valence-corrected chi connectivity index (χ2v) is 4.34. The molecule has 0 heterocycles. The van der Waals surface area contributed by atoms with Crippen molar-refractivity contribution in [2.75, 3.05) is 33.3 Å². The Morgan fingerprint density at radius 2 is 2.00 bits per heavy atom. The van der Waals surface area contributed by atoms with Gasteiger partial charge in [0, 0.05) is 20.2 Å². The van der Waals surface area contributed by atoms with Gasteiger partial charge in [0.1, 0.15) is 5.54 Å². The molecule has 17 heavy (non-hydrogen) atoms. The summed E-state index contributed by atoms with van der Waals surface area (Å²) in [6.07, 6.45) is -0.378. The molecule has 0 aliphatic carbocycles. The van der Waals surface area contributed by atoms with Crippen LogP contribution in [0.25, 0.3) is 0 Å². The minimum Gasteiger partial charge on any atom is -0.480 e. The maximum atomic E-state index is 11.3. The molecule has 0 amide bonds. The molecule has 0 spiro atoms. The number of hydrogen-bond acceptors (Lipinski definition) is 4. The highest BCUT2D eigenvalue weighted by atomic mass is 16.5. The van der Waals surface area contributed by atoms with E-state index < -0.39 is 11.5 Å². The second kappa shape index (κ2) is 7.63. The summed E-state index contributed by atoms with van der Waals surface area (Å²) in [7, 11) is 1.53. The van der Waals surface area contributed by atoms with E-state index in [0.717, 1.165) is 19.6 Å². The van der Waals surface area contributed by atoms with Crippen molar-refractivity contribution in [3.05, 3.63) is 0 Å². The third-order valence-corrected chi connectivity index (χ3v) is 3.43. The number of carbonyl (C=O) groups is 1. The summed E-state index contributed by atoms with van der Waals surface area (Å²) in [5.41, 5.74) is -1.04. The Labute approximate surface area is 104 Å². The quantitative estimate of drug-likeness (QED) is 0.630. The van der Waals surface area contributed by atoms with E-state index >= 15 is 0 Å². The zero-order valence-electron chi connectivity index (χ0n) is 11.6. The van der Waals surface area contributed by atoms with Gasteiger partial charge in [0.05, 0.1) is 6.10 Å². The van der Waals surface area contributed by atoms with E-state index in [1.165, 1.54) is 7.11 Å². The Kier molecular flexibility index (Phi) is 7.34. The largest absolute Gasteiger partial charge is 0.480 e. The SMILES string of the molecule is CCN(CC)CCNC(C)(C(=O)O)C(C)OC. The van der Waals surface area contributed by atoms with Crippen molar-refractivity contribution < 1.29 is 14.6 Å². The van der Waals surface area contributed by atoms with Crippen molar-refractivity contribution in [3.63, 3.8) is 0 Å². The normalized spacial score (nSPS) is 16.8. The van der Waals surface area contributed by atoms with E-state index in [2.05, 4.69) is 24.1 Å². The van der Waals surface area contributed by atoms with Crippen molar-refractivity contribution in [1.29, 1.82) is 0 Å². The molecule has 0 fully saturated rings. The van der Waals surface area contributed by atoms with Gasteiger partial charge in [-0.15, -0.1) is 0 Å². The Morgan fingerprint density at radius 1 is 1.47 bits per heavy atom. The van der Waals surface area contributed by atoms with E-state index in [0.29, 0.717) is 6.54 Å². The minimum atomic E-state index is -1.04. The zero-order chi connectivity index (χ0) is 13.5. The lowest BCUT2D eigenvalue weighted by molar-refractivity contribution is -0.149. The predicted molar refractivity (Wildman–Crippen MR) is 68.3 cm³/mol. The summed E-state index contributed by atoms with van der Waals surface area (Å²) in [5, 5.41) is 12.3. The lowest BCUT2D eigenvalue weighted by Crippen LogP contribution is -2.58. The van der Waals surface area contributed by atoms with Gasteiger partial charge < -0.3 is 14.7 Å². The molecule has 2 N–H and O–H groups in total. The molecule has 0 saturated carbocycles. The van der Waals surface area contributed by atoms with E-state index in [1.807, 2.05) is 0 Å². The Morgan fingerprint density at radius 3 is 2.35 bits per heavy atom. The van der Waals surface area contributed by atoms with Gasteiger partial charge in [0.2, 0.25) is 0 Å². The van der Waals surface area contributed by atoms with Crippen LogP contribution in [0.3, 0.4) is 0 Å². The molecule has 0 aromatic rings. The fourth-order valence-corrected chi connectivity index (χ4v) is 1.64. The lowest BCUT2D eigenvalue weighted by atomic mass is 9.96. The molecule has 2 atom stereocenters. The predicted octanol–water partition coefficient (Wildman–Crippen LogP) is 0.796. The Bertz CT molecular complexity index is 232. The van der Waals surface area contributed by atoms with Crippen LogP contribution in [-0.4, -0.2) is 60.9 Å². The zero-order valence-corrected chi connectivity index (χ0v) is 11.6. The molecule has 102 valence electrons. The first-order valence-electron chi connectivity index (χ1n) is 6.15. The van der Waals surface area contributed by atoms with Crippen molar-refractivity contribution in [1.82, 2.24) is 10.2 Å². The molecule has 0 aromatic heterocycles. The fraction of sp³-hybridized carbons (Fsp3) is 0.917. The number of nitrogens with zero attached hydrogens (tertiary/aromatic N) is 1. The molecule has 0 radical (unpaired) electrons. The molecule has 0 aromatic carbocycles. The number of methoxy groups -OCH3 is 1. The highest BCUT2D eigenvalue weighted by Gasteiger charge is 2.38. The van der Waals surface area contributed by atoms with E-state index in [1.54, 1.807) is 13.8 Å². The first-order valence-corrected chi connectivity index (χ1v) is 6.15. The van der Waals surface area contributed by atoms with Crippen LogP contribution in [0.1, 0.15) is 27.7 Å². The van der Waals surface area contributed by atoms with Crippen molar-refractivity contribution in [2.45, 2.75) is 39.3 Å². The first-order chi connectivity index (χ1) is 7.92. The fourth-order valence-electron chi connectivity index (χ4n) is 1.64. The molecular formula is C12H26N2O3. The molecule has 5 heteroatoms. The third kappa shape index (κ3) is 4.61. The minimum absolute atomic E-state index is 0.378. The highest BCUT2D eigenvalue weighted by molar-refractivity contribution is 5.79. The summed E-state index contributed by atoms with van der Waals surface area (Å²) in [4.78, 5) is 13.5. The number of carboxylic acid groups (broad SMARTS) is 1. The maximum absolute atomic E-state index is 11.3. The summed E-state index contributed by atoms with van der Waals surface area (Å²) < 4.78 is 5.13. The number of aliphatic carboxylic acids is 1. The molecule has 0 bridgehead atoms. The third-order valence-electron chi connectivity index (χ3n) is 3.43. The van der Waals surface area contributed by atoms with Crippen LogP contribution in [0, 0.1) is 0 Å². The number of rotatable bonds is 9. The molecular weight excluding hydrogens is 220 g/mol. The average Bonchev–Trinajstić information content (AvgIpc) is 2.32. The highest BCUT2D eigenvalue weighted by Crippen LogP contribution is 2.13. The standard InChI is InChI=1S/C12H26N2O3/c1-6-14(7-2)9-8-13-12(4,11(15)16)10(3)17-5/h10,13H,6-9H2,1-5H3,(H,15,16). The van der Waals surface area contributed by atoms with Gasteiger partial charge in [-0.3, -0.25) is 10.1 Å². The van der Waals surface area contributed by atoms with Crippen molar-refractivity contribution >= 4 is 5.97 Å². The number of ether oxygens (including phenoxy) is 1. The van der Waals surface area contributed by atoms with Crippen LogP contribution in [0.5, 0.6) is 0 Å². The van der Waals surface area contributed by atoms with E-state index in [9.17, 15) is 9.90 Å². The smallest absolute Gasteiger partial charge is 0.326 e. The summed E-state index contributed by atoms with van der Waals surface area (Å²) >= 11 is 0. The molecule has 0 saturated heterocycles. The summed E-state index contributed by atoms with van der Waals surface area (Å²) in [6.45, 7) is 11.0. The Balaban J connectivity index is 4.33. The first kappa shape index (κ1) is 16.4. The summed E-state index contributed by atoms with van der Waals surface area (Å²) in [6, 6.07) is 0. The van der Waals surface area contributed by atoms with Gasteiger partial charge in [-0.1, -0.05) is 13.8 Å². The molecule has 2 unspecified atom stereocenters. The molecule has 5 nitrogen and oxygen atoms in total. The van der Waals surface area contributed by atoms with E-state index in [-0.39, 0.29) is 6.10 Å². The lowest BCUT2D eigenvalue weighted by Gasteiger charge is -2.32. The Hall–Kier alpha value is -0.650. The van der Waals surface area contributed by atoms with Crippen molar-refractivity contribution in [2.24, 2.45) is 0 Å². The van der Waals surface area contributed by atoms with Crippen LogP contribution in [-0.2, 0) is 9.53 Å². The van der Waals surface area contributed by atoms with Crippen LogP contribution < -0.4 is 5.32 Å². The van der Waals surface area contributed by atoms with Crippen LogP contribution in [0.15, 0.2) is 0 Å². The second-order valence-electron chi connectivity index (χ2n) is 4.34. The molecule has 0 aliphatic heterocycles. The average molecular weight is 246 g/mol. The number of carboxylic acids is 1. The van der Waals surface area contributed by atoms with Gasteiger partial charge >= 0.3 is 5.97 Å². The number of hydrogen-bond donors (Lipinski definition) is 2. The monoisotopic (exact) mass is 246 g/mol. The van der Waals surface area contributed by atoms with Gasteiger partial charge in [0.25, 0.3) is 0 Å². The van der Waals surface area contributed by atoms with Gasteiger partial charge in [-0.25, -0.2) is 0 Å². The van der Waals surface area contributed by atoms with E-state index in [4.69, 9.17) is 4.74 Å². The molecule has 0 aliphatic rings. The van der Waals surface area contributed by atoms with Gasteiger partial charge in [0.15, 0.2) is 0 Å². The number of nitrogens with one attached hydrogen (secondary N) is 1. The van der Waals surface area contributed by atoms with Gasteiger partial charge in [-0.2, -0.15) is 0 Å². The van der Waals surface area contributed by atoms with Crippen LogP contribution in [0.4, 0.5) is 0 Å². The maximum Gasteiger partial charge on any atom is 0.326 e. The molecule has 0 rings (SSSR count). The van der Waals surface area contributed by atoms with Gasteiger partial charge in [-0.05, 0) is 26.9 Å². The van der Waals surface area contributed by atoms with Crippen LogP contribution >= 0.6 is 0 Å². The number of likely N-dealkylation sites (N-methyl/N-ethyl adjacent to an activating group) is 1. The van der Waals surface area contributed by atoms with Crippen LogP contribution in [0.2, 0.25) is 0 Å². The summed E-state index contributed by atoms with van der Waals surface area (Å²) in [5.74, 6) is -0.883.